The molecule has 0 spiro atoms. The van der Waals surface area contributed by atoms with E-state index in [0.29, 0.717) is 0 Å². The van der Waals surface area contributed by atoms with E-state index in [0.717, 1.165) is 4.90 Å². The molecular formula is C8H11F2N3O. The van der Waals surface area contributed by atoms with Crippen LogP contribution < -0.4 is 5.32 Å². The van der Waals surface area contributed by atoms with E-state index in [1.807, 2.05) is 0 Å². The van der Waals surface area contributed by atoms with E-state index in [4.69, 9.17) is 5.26 Å². The van der Waals surface area contributed by atoms with Crippen molar-refractivity contribution in [1.82, 2.24) is 10.2 Å². The van der Waals surface area contributed by atoms with Crippen LogP contribution in [-0.4, -0.2) is 42.9 Å². The van der Waals surface area contributed by atoms with E-state index in [2.05, 4.69) is 5.32 Å². The standard InChI is InChI=1S/C8H11F2N3O/c1-12-4-7(14)13-5-8(9,10)2-6(13)3-11/h6,12H,2,4-5H2,1H3/t6-/m0/s1. The molecule has 78 valence electrons. The number of nitrogens with one attached hydrogen (secondary N) is 1. The first kappa shape index (κ1) is 10.9. The Labute approximate surface area is 80.5 Å². The number of hydrogen-bond donors (Lipinski definition) is 1. The van der Waals surface area contributed by atoms with E-state index in [9.17, 15) is 13.6 Å². The van der Waals surface area contributed by atoms with Gasteiger partial charge in [-0.2, -0.15) is 5.26 Å². The number of nitriles is 1. The summed E-state index contributed by atoms with van der Waals surface area (Å²) < 4.78 is 25.7. The average molecular weight is 203 g/mol. The van der Waals surface area contributed by atoms with Gasteiger partial charge in [0.05, 0.1) is 19.2 Å². The van der Waals surface area contributed by atoms with E-state index < -0.39 is 30.8 Å². The second-order valence-electron chi connectivity index (χ2n) is 3.26. The fourth-order valence-electron chi connectivity index (χ4n) is 1.45. The number of halogens is 2. The summed E-state index contributed by atoms with van der Waals surface area (Å²) in [6.45, 7) is -0.667. The van der Waals surface area contributed by atoms with Gasteiger partial charge in [0.25, 0.3) is 5.92 Å². The molecular weight excluding hydrogens is 192 g/mol. The number of amides is 1. The molecule has 1 saturated heterocycles. The van der Waals surface area contributed by atoms with Gasteiger partial charge < -0.3 is 10.2 Å². The molecule has 1 amide bonds. The third-order valence-corrected chi connectivity index (χ3v) is 2.07. The van der Waals surface area contributed by atoms with E-state index in [-0.39, 0.29) is 6.54 Å². The molecule has 1 N–H and O–H groups in total. The lowest BCUT2D eigenvalue weighted by molar-refractivity contribution is -0.131. The van der Waals surface area contributed by atoms with Crippen LogP contribution in [0.1, 0.15) is 6.42 Å². The molecule has 0 unspecified atom stereocenters. The summed E-state index contributed by atoms with van der Waals surface area (Å²) in [6.07, 6.45) is -0.557. The highest BCUT2D eigenvalue weighted by Crippen LogP contribution is 2.31. The third-order valence-electron chi connectivity index (χ3n) is 2.07. The highest BCUT2D eigenvalue weighted by atomic mass is 19.3. The van der Waals surface area contributed by atoms with Gasteiger partial charge in [-0.1, -0.05) is 0 Å². The number of alkyl halides is 2. The van der Waals surface area contributed by atoms with Crippen LogP contribution in [0.2, 0.25) is 0 Å². The Kier molecular flexibility index (Phi) is 3.01. The molecule has 0 aromatic rings. The maximum Gasteiger partial charge on any atom is 0.268 e. The van der Waals surface area contributed by atoms with Crippen molar-refractivity contribution in [1.29, 1.82) is 5.26 Å². The molecule has 1 rings (SSSR count). The number of hydrogen-bond acceptors (Lipinski definition) is 3. The number of rotatable bonds is 2. The lowest BCUT2D eigenvalue weighted by atomic mass is 10.2. The van der Waals surface area contributed by atoms with Gasteiger partial charge in [0.2, 0.25) is 5.91 Å². The number of likely N-dealkylation sites (tertiary alicyclic amines) is 1. The molecule has 0 aromatic heterocycles. The SMILES string of the molecule is CNCC(=O)N1CC(F)(F)C[C@H]1C#N. The summed E-state index contributed by atoms with van der Waals surface area (Å²) in [5.41, 5.74) is 0. The summed E-state index contributed by atoms with van der Waals surface area (Å²) in [5.74, 6) is -3.39. The molecule has 0 radical (unpaired) electrons. The lowest BCUT2D eigenvalue weighted by Gasteiger charge is -2.18. The summed E-state index contributed by atoms with van der Waals surface area (Å²) >= 11 is 0. The molecule has 1 heterocycles. The summed E-state index contributed by atoms with van der Waals surface area (Å²) in [5, 5.41) is 11.2. The van der Waals surface area contributed by atoms with Crippen LogP contribution in [-0.2, 0) is 4.79 Å². The Morgan fingerprint density at radius 1 is 1.79 bits per heavy atom. The second kappa shape index (κ2) is 3.88. The van der Waals surface area contributed by atoms with E-state index in [1.165, 1.54) is 0 Å². The molecule has 0 bridgehead atoms. The molecule has 0 aromatic carbocycles. The van der Waals surface area contributed by atoms with Gasteiger partial charge >= 0.3 is 0 Å². The minimum atomic E-state index is -2.93. The number of carbonyl (C=O) groups is 1. The number of likely N-dealkylation sites (N-methyl/N-ethyl adjacent to an activating group) is 1. The van der Waals surface area contributed by atoms with Crippen molar-refractivity contribution >= 4 is 5.91 Å². The molecule has 14 heavy (non-hydrogen) atoms. The van der Waals surface area contributed by atoms with Crippen molar-refractivity contribution < 1.29 is 13.6 Å². The zero-order valence-electron chi connectivity index (χ0n) is 7.76. The van der Waals surface area contributed by atoms with Crippen LogP contribution in [0.4, 0.5) is 8.78 Å². The molecule has 1 aliphatic rings. The predicted molar refractivity (Wildman–Crippen MR) is 44.6 cm³/mol. The fourth-order valence-corrected chi connectivity index (χ4v) is 1.45. The minimum absolute atomic E-state index is 0.0196. The van der Waals surface area contributed by atoms with Crippen molar-refractivity contribution in [3.8, 4) is 6.07 Å². The van der Waals surface area contributed by atoms with Gasteiger partial charge in [0, 0.05) is 6.42 Å². The van der Waals surface area contributed by atoms with Gasteiger partial charge in [0.1, 0.15) is 6.04 Å². The van der Waals surface area contributed by atoms with E-state index >= 15 is 0 Å². The predicted octanol–water partition coefficient (Wildman–Crippen LogP) is -0.0344. The van der Waals surface area contributed by atoms with Crippen LogP contribution in [0.5, 0.6) is 0 Å². The topological polar surface area (TPSA) is 56.1 Å². The Balaban J connectivity index is 2.70. The fraction of sp³-hybridized carbons (Fsp3) is 0.750. The Morgan fingerprint density at radius 3 is 2.93 bits per heavy atom. The zero-order chi connectivity index (χ0) is 10.8. The third kappa shape index (κ3) is 2.17. The molecule has 1 aliphatic heterocycles. The van der Waals surface area contributed by atoms with Crippen molar-refractivity contribution in [3.05, 3.63) is 0 Å². The Hall–Kier alpha value is -1.22. The highest BCUT2D eigenvalue weighted by Gasteiger charge is 2.46. The summed E-state index contributed by atoms with van der Waals surface area (Å²) in [4.78, 5) is 12.2. The maximum atomic E-state index is 12.9. The van der Waals surface area contributed by atoms with E-state index in [1.54, 1.807) is 13.1 Å². The van der Waals surface area contributed by atoms with Gasteiger partial charge in [-0.15, -0.1) is 0 Å². The number of carbonyl (C=O) groups excluding carboxylic acids is 1. The molecule has 0 saturated carbocycles. The van der Waals surface area contributed by atoms with Crippen LogP contribution in [0, 0.1) is 11.3 Å². The molecule has 0 aliphatic carbocycles. The first-order valence-electron chi connectivity index (χ1n) is 4.21. The summed E-state index contributed by atoms with van der Waals surface area (Å²) in [6, 6.07) is 0.712. The number of nitrogens with zero attached hydrogens (tertiary/aromatic N) is 2. The van der Waals surface area contributed by atoms with Crippen molar-refractivity contribution in [2.45, 2.75) is 18.4 Å². The average Bonchev–Trinajstić information content (AvgIpc) is 2.41. The van der Waals surface area contributed by atoms with Crippen molar-refractivity contribution in [2.75, 3.05) is 20.1 Å². The monoisotopic (exact) mass is 203 g/mol. The summed E-state index contributed by atoms with van der Waals surface area (Å²) in [7, 11) is 1.55. The van der Waals surface area contributed by atoms with Crippen LogP contribution in [0.25, 0.3) is 0 Å². The lowest BCUT2D eigenvalue weighted by Crippen LogP contribution is -2.40. The smallest absolute Gasteiger partial charge is 0.268 e. The van der Waals surface area contributed by atoms with Gasteiger partial charge in [-0.05, 0) is 7.05 Å². The Bertz CT molecular complexity index is 274. The van der Waals surface area contributed by atoms with Crippen LogP contribution in [0.3, 0.4) is 0 Å². The maximum absolute atomic E-state index is 12.9. The Morgan fingerprint density at radius 2 is 2.43 bits per heavy atom. The largest absolute Gasteiger partial charge is 0.319 e. The van der Waals surface area contributed by atoms with Crippen LogP contribution >= 0.6 is 0 Å². The quantitative estimate of drug-likeness (QED) is 0.685. The minimum Gasteiger partial charge on any atom is -0.319 e. The molecule has 1 fully saturated rings. The van der Waals surface area contributed by atoms with Crippen molar-refractivity contribution in [2.24, 2.45) is 0 Å². The second-order valence-corrected chi connectivity index (χ2v) is 3.26. The molecule has 6 heteroatoms. The molecule has 1 atom stereocenters. The van der Waals surface area contributed by atoms with Crippen LogP contribution in [0.15, 0.2) is 0 Å². The first-order chi connectivity index (χ1) is 6.50. The zero-order valence-corrected chi connectivity index (χ0v) is 7.76. The van der Waals surface area contributed by atoms with Crippen molar-refractivity contribution in [3.63, 3.8) is 0 Å². The first-order valence-corrected chi connectivity index (χ1v) is 4.21. The van der Waals surface area contributed by atoms with Gasteiger partial charge in [0.15, 0.2) is 0 Å². The molecule has 4 nitrogen and oxygen atoms in total. The normalized spacial score (nSPS) is 24.7. The van der Waals surface area contributed by atoms with Gasteiger partial charge in [-0.3, -0.25) is 4.79 Å². The van der Waals surface area contributed by atoms with Gasteiger partial charge in [-0.25, -0.2) is 8.78 Å². The highest BCUT2D eigenvalue weighted by molar-refractivity contribution is 5.79.